The zero-order valence-corrected chi connectivity index (χ0v) is 5.34. The minimum Gasteiger partial charge on any atom is -0.164 e. The second kappa shape index (κ2) is 3.25. The number of halogens is 8. The summed E-state index contributed by atoms with van der Waals surface area (Å²) in [4.78, 5) is 3.73. The maximum Gasteiger partial charge on any atom is 0.549 e. The van der Waals surface area contributed by atoms with E-state index in [1.165, 1.54) is 0 Å². The molecule has 0 aliphatic heterocycles. The van der Waals surface area contributed by atoms with Crippen molar-refractivity contribution >= 4 is 0 Å². The lowest BCUT2D eigenvalue weighted by atomic mass is 10.6. The molecule has 0 amide bonds. The third-order valence-electron chi connectivity index (χ3n) is 0.571. The Bertz CT molecular complexity index is 167. The first-order chi connectivity index (χ1) is 5.46. The van der Waals surface area contributed by atoms with Gasteiger partial charge in [-0.1, -0.05) is 0 Å². The molecule has 0 aliphatic rings. The van der Waals surface area contributed by atoms with E-state index in [4.69, 9.17) is 0 Å². The Morgan fingerprint density at radius 3 is 1.23 bits per heavy atom. The van der Waals surface area contributed by atoms with Crippen LogP contribution in [0.15, 0.2) is 0 Å². The summed E-state index contributed by atoms with van der Waals surface area (Å²) in [5.74, 6) is 0. The molecule has 0 aromatic carbocycles. The van der Waals surface area contributed by atoms with Crippen LogP contribution in [-0.4, -0.2) is 18.6 Å². The van der Waals surface area contributed by atoms with E-state index in [0.29, 0.717) is 0 Å². The Morgan fingerprint density at radius 2 is 1.00 bits per heavy atom. The number of alkyl halides is 8. The van der Waals surface area contributed by atoms with Gasteiger partial charge in [-0.3, -0.25) is 0 Å². The molecule has 0 atom stereocenters. The van der Waals surface area contributed by atoms with E-state index in [1.807, 2.05) is 9.78 Å². The highest BCUT2D eigenvalue weighted by molar-refractivity contribution is 4.61. The maximum atomic E-state index is 11.5. The van der Waals surface area contributed by atoms with Gasteiger partial charge in [0.2, 0.25) is 0 Å². The summed E-state index contributed by atoms with van der Waals surface area (Å²) in [6.07, 6.45) is -18.0. The molecule has 0 unspecified atom stereocenters. The zero-order chi connectivity index (χ0) is 10.9. The van der Waals surface area contributed by atoms with Gasteiger partial charge in [0.05, 0.1) is 0 Å². The molecule has 0 saturated heterocycles. The summed E-state index contributed by atoms with van der Waals surface area (Å²) < 4.78 is 89.0. The molecule has 10 heteroatoms. The van der Waals surface area contributed by atoms with E-state index in [1.54, 1.807) is 0 Å². The first-order valence-corrected chi connectivity index (χ1v) is 2.34. The average Bonchev–Trinajstić information content (AvgIpc) is 1.79. The van der Waals surface area contributed by atoms with Gasteiger partial charge in [-0.15, -0.1) is 22.9 Å². The van der Waals surface area contributed by atoms with E-state index in [0.717, 1.165) is 0 Å². The molecule has 0 aromatic heterocycles. The van der Waals surface area contributed by atoms with Gasteiger partial charge in [0.25, 0.3) is 0 Å². The largest absolute Gasteiger partial charge is 0.549 e. The van der Waals surface area contributed by atoms with E-state index in [-0.39, 0.29) is 0 Å². The first kappa shape index (κ1) is 12.4. The van der Waals surface area contributed by atoms with Gasteiger partial charge in [-0.05, 0) is 0 Å². The highest BCUT2D eigenvalue weighted by atomic mass is 19.4. The van der Waals surface area contributed by atoms with Crippen LogP contribution < -0.4 is 0 Å². The average molecular weight is 220 g/mol. The van der Waals surface area contributed by atoms with Crippen LogP contribution in [0.1, 0.15) is 0 Å². The van der Waals surface area contributed by atoms with Crippen LogP contribution in [-0.2, 0) is 9.78 Å². The quantitative estimate of drug-likeness (QED) is 0.404. The predicted octanol–water partition coefficient (Wildman–Crippen LogP) is 2.61. The number of rotatable bonds is 2. The molecule has 0 saturated carbocycles. The highest BCUT2D eigenvalue weighted by Crippen LogP contribution is 2.37. The molecule has 13 heavy (non-hydrogen) atoms. The Balaban J connectivity index is 4.21. The van der Waals surface area contributed by atoms with Crippen LogP contribution in [0.3, 0.4) is 0 Å². The van der Waals surface area contributed by atoms with Crippen LogP contribution in [0.4, 0.5) is 35.1 Å². The van der Waals surface area contributed by atoms with Crippen LogP contribution in [0, 0.1) is 0 Å². The van der Waals surface area contributed by atoms with Crippen LogP contribution in [0.2, 0.25) is 0 Å². The standard InChI is InChI=1S/C3F8O2/c4-1(5,6)2(7,8)12-13-3(9,10)11. The van der Waals surface area contributed by atoms with Crippen molar-refractivity contribution in [1.29, 1.82) is 0 Å². The van der Waals surface area contributed by atoms with Crippen LogP contribution >= 0.6 is 0 Å². The van der Waals surface area contributed by atoms with Gasteiger partial charge in [0, 0.05) is 0 Å². The summed E-state index contributed by atoms with van der Waals surface area (Å²) >= 11 is 0. The molecule has 0 rings (SSSR count). The second-order valence-electron chi connectivity index (χ2n) is 1.63. The van der Waals surface area contributed by atoms with Gasteiger partial charge < -0.3 is 0 Å². The number of hydrogen-bond acceptors (Lipinski definition) is 2. The third-order valence-corrected chi connectivity index (χ3v) is 0.571. The lowest BCUT2D eigenvalue weighted by molar-refractivity contribution is -0.579. The predicted molar refractivity (Wildman–Crippen MR) is 19.2 cm³/mol. The van der Waals surface area contributed by atoms with Crippen molar-refractivity contribution in [2.45, 2.75) is 18.6 Å². The van der Waals surface area contributed by atoms with Crippen molar-refractivity contribution in [3.8, 4) is 0 Å². The molecular formula is C3F8O2. The molecule has 0 radical (unpaired) electrons. The topological polar surface area (TPSA) is 18.5 Å². The Labute approximate surface area is 64.9 Å². The molecule has 0 heterocycles. The second-order valence-corrected chi connectivity index (χ2v) is 1.63. The normalized spacial score (nSPS) is 14.8. The number of hydrogen-bond donors (Lipinski definition) is 0. The lowest BCUT2D eigenvalue weighted by Gasteiger charge is -2.18. The minimum atomic E-state index is -6.27. The van der Waals surface area contributed by atoms with Crippen molar-refractivity contribution in [2.75, 3.05) is 0 Å². The molecule has 0 spiro atoms. The summed E-state index contributed by atoms with van der Waals surface area (Å²) in [6.45, 7) is 0. The van der Waals surface area contributed by atoms with Gasteiger partial charge in [0.1, 0.15) is 0 Å². The summed E-state index contributed by atoms with van der Waals surface area (Å²) in [6, 6.07) is 0. The van der Waals surface area contributed by atoms with Gasteiger partial charge in [0.15, 0.2) is 0 Å². The van der Waals surface area contributed by atoms with Crippen molar-refractivity contribution in [1.82, 2.24) is 0 Å². The van der Waals surface area contributed by atoms with Crippen molar-refractivity contribution in [3.63, 3.8) is 0 Å². The molecular weight excluding hydrogens is 220 g/mol. The minimum absolute atomic E-state index is 1.85. The van der Waals surface area contributed by atoms with E-state index in [2.05, 4.69) is 0 Å². The van der Waals surface area contributed by atoms with E-state index >= 15 is 0 Å². The first-order valence-electron chi connectivity index (χ1n) is 2.34. The highest BCUT2D eigenvalue weighted by Gasteiger charge is 2.62. The fourth-order valence-electron chi connectivity index (χ4n) is 0.147. The molecule has 0 bridgehead atoms. The summed E-state index contributed by atoms with van der Waals surface area (Å²) in [7, 11) is 0. The fourth-order valence-corrected chi connectivity index (χ4v) is 0.147. The Hall–Kier alpha value is -0.640. The lowest BCUT2D eigenvalue weighted by Crippen LogP contribution is -2.40. The van der Waals surface area contributed by atoms with Crippen LogP contribution in [0.25, 0.3) is 0 Å². The van der Waals surface area contributed by atoms with E-state index in [9.17, 15) is 35.1 Å². The SMILES string of the molecule is FC(F)(F)OOC(F)(F)C(F)(F)F. The van der Waals surface area contributed by atoms with Gasteiger partial charge in [-0.2, -0.15) is 22.0 Å². The van der Waals surface area contributed by atoms with Crippen LogP contribution in [0.5, 0.6) is 0 Å². The maximum absolute atomic E-state index is 11.5. The zero-order valence-electron chi connectivity index (χ0n) is 5.34. The monoisotopic (exact) mass is 220 g/mol. The Morgan fingerprint density at radius 1 is 0.615 bits per heavy atom. The smallest absolute Gasteiger partial charge is 0.164 e. The Kier molecular flexibility index (Phi) is 3.09. The third kappa shape index (κ3) is 4.22. The summed E-state index contributed by atoms with van der Waals surface area (Å²) in [5, 5.41) is 0. The molecule has 0 fully saturated rings. The molecule has 2 nitrogen and oxygen atoms in total. The molecule has 0 aromatic rings. The molecule has 0 aliphatic carbocycles. The van der Waals surface area contributed by atoms with E-state index < -0.39 is 18.6 Å². The summed E-state index contributed by atoms with van der Waals surface area (Å²) in [5.41, 5.74) is 0. The van der Waals surface area contributed by atoms with Gasteiger partial charge in [-0.25, -0.2) is 0 Å². The van der Waals surface area contributed by atoms with Crippen molar-refractivity contribution < 1.29 is 44.9 Å². The molecule has 0 N–H and O–H groups in total. The molecule has 80 valence electrons. The van der Waals surface area contributed by atoms with Crippen molar-refractivity contribution in [2.24, 2.45) is 0 Å². The van der Waals surface area contributed by atoms with Gasteiger partial charge >= 0.3 is 18.6 Å². The fraction of sp³-hybridized carbons (Fsp3) is 1.00. The van der Waals surface area contributed by atoms with Crippen molar-refractivity contribution in [3.05, 3.63) is 0 Å².